The standard InChI is InChI=1S/C18H18FN5O/c1-12(2)17(13-3-5-14(19)6-4-13)21-18(25)15-7-8-16(23-22-15)24-10-9-20-11-24/h3-12,17H,1-2H3,(H,21,25)/t17-/m1/s1. The fourth-order valence-electron chi connectivity index (χ4n) is 2.50. The highest BCUT2D eigenvalue weighted by Crippen LogP contribution is 2.22. The topological polar surface area (TPSA) is 72.7 Å². The van der Waals surface area contributed by atoms with Crippen molar-refractivity contribution in [3.05, 3.63) is 72.2 Å². The Morgan fingerprint density at radius 3 is 2.44 bits per heavy atom. The highest BCUT2D eigenvalue weighted by atomic mass is 19.1. The number of nitrogens with zero attached hydrogens (tertiary/aromatic N) is 4. The number of rotatable bonds is 5. The SMILES string of the molecule is CC(C)[C@@H](NC(=O)c1ccc(-n2ccnc2)nn1)c1ccc(F)cc1. The summed E-state index contributed by atoms with van der Waals surface area (Å²) in [5.41, 5.74) is 1.06. The van der Waals surface area contributed by atoms with Gasteiger partial charge in [0.15, 0.2) is 11.5 Å². The zero-order valence-corrected chi connectivity index (χ0v) is 13.9. The predicted molar refractivity (Wildman–Crippen MR) is 90.6 cm³/mol. The van der Waals surface area contributed by atoms with Crippen LogP contribution in [0.3, 0.4) is 0 Å². The summed E-state index contributed by atoms with van der Waals surface area (Å²) in [5, 5.41) is 11.0. The van der Waals surface area contributed by atoms with Crippen LogP contribution in [0.5, 0.6) is 0 Å². The number of hydrogen-bond donors (Lipinski definition) is 1. The molecule has 0 unspecified atom stereocenters. The molecule has 0 spiro atoms. The Labute approximate surface area is 144 Å². The van der Waals surface area contributed by atoms with Crippen molar-refractivity contribution in [3.8, 4) is 5.82 Å². The van der Waals surface area contributed by atoms with Crippen molar-refractivity contribution >= 4 is 5.91 Å². The maximum Gasteiger partial charge on any atom is 0.272 e. The lowest BCUT2D eigenvalue weighted by Crippen LogP contribution is -2.32. The van der Waals surface area contributed by atoms with Gasteiger partial charge in [0, 0.05) is 12.4 Å². The van der Waals surface area contributed by atoms with Gasteiger partial charge in [-0.1, -0.05) is 26.0 Å². The van der Waals surface area contributed by atoms with Crippen LogP contribution in [0.1, 0.15) is 35.9 Å². The molecule has 0 aliphatic rings. The van der Waals surface area contributed by atoms with Crippen LogP contribution in [-0.2, 0) is 0 Å². The van der Waals surface area contributed by atoms with Gasteiger partial charge in [0.2, 0.25) is 0 Å². The van der Waals surface area contributed by atoms with Gasteiger partial charge < -0.3 is 5.32 Å². The minimum absolute atomic E-state index is 0.132. The van der Waals surface area contributed by atoms with E-state index in [9.17, 15) is 9.18 Å². The largest absolute Gasteiger partial charge is 0.344 e. The lowest BCUT2D eigenvalue weighted by molar-refractivity contribution is 0.0919. The molecule has 1 aromatic carbocycles. The van der Waals surface area contributed by atoms with Crippen LogP contribution in [-0.4, -0.2) is 25.7 Å². The first-order valence-corrected chi connectivity index (χ1v) is 7.93. The van der Waals surface area contributed by atoms with Gasteiger partial charge in [0.1, 0.15) is 12.1 Å². The van der Waals surface area contributed by atoms with Crippen LogP contribution in [0.2, 0.25) is 0 Å². The number of imidazole rings is 1. The quantitative estimate of drug-likeness (QED) is 0.776. The molecular weight excluding hydrogens is 321 g/mol. The number of halogens is 1. The van der Waals surface area contributed by atoms with Crippen molar-refractivity contribution in [2.24, 2.45) is 5.92 Å². The first-order chi connectivity index (χ1) is 12.0. The molecule has 0 saturated heterocycles. The van der Waals surface area contributed by atoms with E-state index in [0.717, 1.165) is 5.56 Å². The second-order valence-electron chi connectivity index (χ2n) is 5.99. The Hall–Kier alpha value is -3.09. The van der Waals surface area contributed by atoms with Crippen molar-refractivity contribution in [3.63, 3.8) is 0 Å². The number of nitrogens with one attached hydrogen (secondary N) is 1. The summed E-state index contributed by atoms with van der Waals surface area (Å²) in [6.07, 6.45) is 4.98. The van der Waals surface area contributed by atoms with Crippen LogP contribution < -0.4 is 5.32 Å². The molecule has 0 aliphatic heterocycles. The Morgan fingerprint density at radius 1 is 1.12 bits per heavy atom. The van der Waals surface area contributed by atoms with Gasteiger partial charge >= 0.3 is 0 Å². The summed E-state index contributed by atoms with van der Waals surface area (Å²) < 4.78 is 14.8. The second kappa shape index (κ2) is 7.21. The number of hydrogen-bond acceptors (Lipinski definition) is 4. The molecule has 7 heteroatoms. The van der Waals surface area contributed by atoms with Gasteiger partial charge in [0.25, 0.3) is 5.91 Å². The van der Waals surface area contributed by atoms with Crippen LogP contribution in [0.25, 0.3) is 5.82 Å². The van der Waals surface area contributed by atoms with Gasteiger partial charge in [-0.25, -0.2) is 9.37 Å². The average Bonchev–Trinajstić information content (AvgIpc) is 3.15. The van der Waals surface area contributed by atoms with E-state index in [1.54, 1.807) is 47.6 Å². The van der Waals surface area contributed by atoms with Crippen LogP contribution >= 0.6 is 0 Å². The molecule has 0 aliphatic carbocycles. The fourth-order valence-corrected chi connectivity index (χ4v) is 2.50. The Kier molecular flexibility index (Phi) is 4.83. The van der Waals surface area contributed by atoms with Crippen molar-refractivity contribution < 1.29 is 9.18 Å². The molecule has 2 heterocycles. The van der Waals surface area contributed by atoms with E-state index in [2.05, 4.69) is 20.5 Å². The van der Waals surface area contributed by atoms with Crippen molar-refractivity contribution in [2.45, 2.75) is 19.9 Å². The summed E-state index contributed by atoms with van der Waals surface area (Å²) >= 11 is 0. The van der Waals surface area contributed by atoms with Crippen LogP contribution in [0, 0.1) is 11.7 Å². The van der Waals surface area contributed by atoms with E-state index >= 15 is 0 Å². The van der Waals surface area contributed by atoms with E-state index in [1.807, 2.05) is 13.8 Å². The number of carbonyl (C=O) groups excluding carboxylic acids is 1. The first-order valence-electron chi connectivity index (χ1n) is 7.93. The van der Waals surface area contributed by atoms with Crippen LogP contribution in [0.4, 0.5) is 4.39 Å². The molecule has 6 nitrogen and oxygen atoms in total. The molecular formula is C18H18FN5O. The van der Waals surface area contributed by atoms with E-state index in [-0.39, 0.29) is 29.4 Å². The third kappa shape index (κ3) is 3.88. The van der Waals surface area contributed by atoms with E-state index in [1.165, 1.54) is 12.1 Å². The number of amides is 1. The highest BCUT2D eigenvalue weighted by molar-refractivity contribution is 5.92. The van der Waals surface area contributed by atoms with Crippen molar-refractivity contribution in [2.75, 3.05) is 0 Å². The Balaban J connectivity index is 1.76. The normalized spacial score (nSPS) is 12.2. The third-order valence-electron chi connectivity index (χ3n) is 3.83. The fraction of sp³-hybridized carbons (Fsp3) is 0.222. The number of aromatic nitrogens is 4. The third-order valence-corrected chi connectivity index (χ3v) is 3.83. The maximum atomic E-state index is 13.1. The molecule has 3 aromatic rings. The summed E-state index contributed by atoms with van der Waals surface area (Å²) in [7, 11) is 0. The molecule has 0 radical (unpaired) electrons. The van der Waals surface area contributed by atoms with Gasteiger partial charge in [-0.05, 0) is 35.7 Å². The van der Waals surface area contributed by atoms with E-state index in [4.69, 9.17) is 0 Å². The minimum atomic E-state index is -0.326. The molecule has 0 fully saturated rings. The van der Waals surface area contributed by atoms with Gasteiger partial charge in [0.05, 0.1) is 6.04 Å². The molecule has 1 amide bonds. The van der Waals surface area contributed by atoms with E-state index < -0.39 is 0 Å². The first kappa shape index (κ1) is 16.8. The molecule has 0 bridgehead atoms. The van der Waals surface area contributed by atoms with Crippen molar-refractivity contribution in [1.82, 2.24) is 25.1 Å². The van der Waals surface area contributed by atoms with Crippen LogP contribution in [0.15, 0.2) is 55.1 Å². The monoisotopic (exact) mass is 339 g/mol. The number of benzene rings is 1. The molecule has 128 valence electrons. The molecule has 3 rings (SSSR count). The van der Waals surface area contributed by atoms with Crippen molar-refractivity contribution in [1.29, 1.82) is 0 Å². The Morgan fingerprint density at radius 2 is 1.88 bits per heavy atom. The molecule has 2 aromatic heterocycles. The molecule has 25 heavy (non-hydrogen) atoms. The lowest BCUT2D eigenvalue weighted by atomic mass is 9.96. The summed E-state index contributed by atoms with van der Waals surface area (Å²) in [6, 6.07) is 9.18. The zero-order chi connectivity index (χ0) is 17.8. The smallest absolute Gasteiger partial charge is 0.272 e. The lowest BCUT2D eigenvalue weighted by Gasteiger charge is -2.22. The maximum absolute atomic E-state index is 13.1. The van der Waals surface area contributed by atoms with Gasteiger partial charge in [-0.2, -0.15) is 0 Å². The Bertz CT molecular complexity index is 829. The summed E-state index contributed by atoms with van der Waals surface area (Å²) in [5.74, 6) is 0.0758. The second-order valence-corrected chi connectivity index (χ2v) is 5.99. The minimum Gasteiger partial charge on any atom is -0.344 e. The van der Waals surface area contributed by atoms with Gasteiger partial charge in [-0.3, -0.25) is 9.36 Å². The predicted octanol–water partition coefficient (Wildman–Crippen LogP) is 2.93. The zero-order valence-electron chi connectivity index (χ0n) is 13.9. The molecule has 1 atom stereocenters. The molecule has 0 saturated carbocycles. The summed E-state index contributed by atoms with van der Waals surface area (Å²) in [6.45, 7) is 3.98. The average molecular weight is 339 g/mol. The van der Waals surface area contributed by atoms with Gasteiger partial charge in [-0.15, -0.1) is 10.2 Å². The number of carbonyl (C=O) groups is 1. The van der Waals surface area contributed by atoms with E-state index in [0.29, 0.717) is 5.82 Å². The highest BCUT2D eigenvalue weighted by Gasteiger charge is 2.20. The molecule has 1 N–H and O–H groups in total. The summed E-state index contributed by atoms with van der Waals surface area (Å²) in [4.78, 5) is 16.4.